The molecule has 0 aromatic heterocycles. The molecular weight excluding hydrogens is 507 g/mol. The lowest BCUT2D eigenvalue weighted by molar-refractivity contribution is -0.119. The average Bonchev–Trinajstić information content (AvgIpc) is 2.97. The van der Waals surface area contributed by atoms with Crippen molar-refractivity contribution in [1.29, 1.82) is 0 Å². The lowest BCUT2D eigenvalue weighted by atomic mass is 9.73. The number of carbonyl (C=O) groups is 2. The number of methoxy groups -OCH3 is 1. The lowest BCUT2D eigenvalue weighted by Crippen LogP contribution is -2.40. The summed E-state index contributed by atoms with van der Waals surface area (Å²) in [6.07, 6.45) is 1.17. The van der Waals surface area contributed by atoms with Gasteiger partial charge in [0.1, 0.15) is 5.75 Å². The fraction of sp³-hybridized carbons (Fsp3) is 0.267. The Bertz CT molecular complexity index is 1420. The molecule has 3 aromatic rings. The zero-order valence-corrected chi connectivity index (χ0v) is 22.5. The quantitative estimate of drug-likeness (QED) is 0.379. The SMILES string of the molecule is COc1c(Cl)cc(Cl)cc1[C@@H]1C2=C(CC(C)(C)CC2=O)Nc2ccccc2N1C(=O)Cc1ccccc1. The van der Waals surface area contributed by atoms with Gasteiger partial charge in [-0.2, -0.15) is 0 Å². The second kappa shape index (κ2) is 9.88. The number of nitrogens with one attached hydrogen (secondary N) is 1. The molecule has 1 aliphatic carbocycles. The predicted molar refractivity (Wildman–Crippen MR) is 148 cm³/mol. The lowest BCUT2D eigenvalue weighted by Gasteiger charge is -2.37. The molecule has 0 spiro atoms. The molecule has 3 aromatic carbocycles. The smallest absolute Gasteiger partial charge is 0.232 e. The number of halogens is 2. The Hall–Kier alpha value is -3.28. The van der Waals surface area contributed by atoms with Crippen molar-refractivity contribution in [2.75, 3.05) is 17.3 Å². The van der Waals surface area contributed by atoms with Crippen LogP contribution in [0.25, 0.3) is 0 Å². The van der Waals surface area contributed by atoms with Gasteiger partial charge in [-0.05, 0) is 41.7 Å². The van der Waals surface area contributed by atoms with Gasteiger partial charge in [-0.3, -0.25) is 14.5 Å². The van der Waals surface area contributed by atoms with Crippen molar-refractivity contribution in [3.8, 4) is 5.75 Å². The van der Waals surface area contributed by atoms with Gasteiger partial charge in [0.15, 0.2) is 5.78 Å². The first-order valence-corrected chi connectivity index (χ1v) is 13.0. The molecule has 0 saturated carbocycles. The normalized spacial score (nSPS) is 18.5. The third-order valence-electron chi connectivity index (χ3n) is 6.90. The maximum absolute atomic E-state index is 14.2. The van der Waals surface area contributed by atoms with Crippen molar-refractivity contribution in [1.82, 2.24) is 0 Å². The van der Waals surface area contributed by atoms with Gasteiger partial charge in [-0.1, -0.05) is 79.5 Å². The van der Waals surface area contributed by atoms with Crippen LogP contribution in [0.2, 0.25) is 10.0 Å². The maximum atomic E-state index is 14.2. The molecule has 1 aliphatic heterocycles. The highest BCUT2D eigenvalue weighted by Gasteiger charge is 2.44. The summed E-state index contributed by atoms with van der Waals surface area (Å²) in [5, 5.41) is 4.23. The summed E-state index contributed by atoms with van der Waals surface area (Å²) in [4.78, 5) is 29.8. The standard InChI is InChI=1S/C30H28Cl2N2O3/c1-30(2)16-23-27(25(35)17-30)28(20-14-19(31)15-21(32)29(20)37-3)34(24-12-8-7-11-22(24)33-23)26(36)13-18-9-5-4-6-10-18/h4-12,14-15,28,33H,13,16-17H2,1-3H3/t28-/m1/s1. The second-order valence-electron chi connectivity index (χ2n) is 10.3. The largest absolute Gasteiger partial charge is 0.495 e. The van der Waals surface area contributed by atoms with Crippen LogP contribution >= 0.6 is 23.2 Å². The van der Waals surface area contributed by atoms with Gasteiger partial charge in [-0.15, -0.1) is 0 Å². The van der Waals surface area contributed by atoms with E-state index < -0.39 is 6.04 Å². The van der Waals surface area contributed by atoms with Gasteiger partial charge in [0.05, 0.1) is 36.0 Å². The number of ether oxygens (including phenoxy) is 1. The Kier molecular flexibility index (Phi) is 6.78. The van der Waals surface area contributed by atoms with Crippen LogP contribution in [0.1, 0.15) is 43.9 Å². The van der Waals surface area contributed by atoms with Crippen molar-refractivity contribution < 1.29 is 14.3 Å². The third kappa shape index (κ3) is 4.86. The Morgan fingerprint density at radius 3 is 2.49 bits per heavy atom. The number of para-hydroxylation sites is 2. The first-order chi connectivity index (χ1) is 17.7. The van der Waals surface area contributed by atoms with E-state index in [1.165, 1.54) is 7.11 Å². The van der Waals surface area contributed by atoms with E-state index in [1.54, 1.807) is 17.0 Å². The number of carbonyl (C=O) groups excluding carboxylic acids is 2. The number of fused-ring (bicyclic) bond motifs is 1. The molecule has 37 heavy (non-hydrogen) atoms. The molecule has 5 rings (SSSR count). The summed E-state index contributed by atoms with van der Waals surface area (Å²) in [5.74, 6) is 0.208. The molecule has 0 saturated heterocycles. The molecule has 1 heterocycles. The van der Waals surface area contributed by atoms with Gasteiger partial charge in [0.25, 0.3) is 0 Å². The van der Waals surface area contributed by atoms with Gasteiger partial charge < -0.3 is 10.1 Å². The predicted octanol–water partition coefficient (Wildman–Crippen LogP) is 7.39. The highest BCUT2D eigenvalue weighted by atomic mass is 35.5. The average molecular weight is 535 g/mol. The van der Waals surface area contributed by atoms with Crippen molar-refractivity contribution >= 4 is 46.3 Å². The number of anilines is 2. The zero-order chi connectivity index (χ0) is 26.3. The van der Waals surface area contributed by atoms with Crippen molar-refractivity contribution in [3.05, 3.63) is 99.2 Å². The maximum Gasteiger partial charge on any atom is 0.232 e. The minimum Gasteiger partial charge on any atom is -0.495 e. The molecule has 190 valence electrons. The van der Waals surface area contributed by atoms with E-state index in [9.17, 15) is 9.59 Å². The van der Waals surface area contributed by atoms with Gasteiger partial charge in [0, 0.05) is 28.3 Å². The first kappa shape index (κ1) is 25.4. The molecule has 0 fully saturated rings. The number of ketones is 1. The molecule has 1 atom stereocenters. The number of nitrogens with zero attached hydrogens (tertiary/aromatic N) is 1. The van der Waals surface area contributed by atoms with E-state index in [1.807, 2.05) is 54.6 Å². The van der Waals surface area contributed by atoms with E-state index in [2.05, 4.69) is 19.2 Å². The van der Waals surface area contributed by atoms with Crippen LogP contribution in [0, 0.1) is 5.41 Å². The molecule has 1 amide bonds. The first-order valence-electron chi connectivity index (χ1n) is 12.2. The second-order valence-corrected chi connectivity index (χ2v) is 11.2. The molecule has 5 nitrogen and oxygen atoms in total. The molecule has 0 radical (unpaired) electrons. The monoisotopic (exact) mass is 534 g/mol. The highest BCUT2D eigenvalue weighted by Crippen LogP contribution is 2.51. The summed E-state index contributed by atoms with van der Waals surface area (Å²) in [5.41, 5.74) is 3.98. The third-order valence-corrected chi connectivity index (χ3v) is 7.40. The van der Waals surface area contributed by atoms with Crippen LogP contribution in [0.3, 0.4) is 0 Å². The molecule has 2 aliphatic rings. The fourth-order valence-corrected chi connectivity index (χ4v) is 6.00. The minimum atomic E-state index is -0.780. The molecular formula is C30H28Cl2N2O3. The molecule has 0 bridgehead atoms. The summed E-state index contributed by atoms with van der Waals surface area (Å²) in [6, 6.07) is 19.8. The van der Waals surface area contributed by atoms with Gasteiger partial charge in [0.2, 0.25) is 5.91 Å². The number of benzene rings is 3. The Balaban J connectivity index is 1.80. The van der Waals surface area contributed by atoms with Crippen molar-refractivity contribution in [2.24, 2.45) is 5.41 Å². The van der Waals surface area contributed by atoms with Crippen LogP contribution in [-0.2, 0) is 16.0 Å². The number of amides is 1. The Labute approximate surface area is 227 Å². The molecule has 1 N–H and O–H groups in total. The van der Waals surface area contributed by atoms with Crippen LogP contribution in [0.15, 0.2) is 78.0 Å². The summed E-state index contributed by atoms with van der Waals surface area (Å²) < 4.78 is 5.73. The van der Waals surface area contributed by atoms with E-state index in [0.29, 0.717) is 45.5 Å². The van der Waals surface area contributed by atoms with E-state index >= 15 is 0 Å². The minimum absolute atomic E-state index is 0.0211. The Morgan fingerprint density at radius 1 is 1.05 bits per heavy atom. The van der Waals surface area contributed by atoms with Gasteiger partial charge in [-0.25, -0.2) is 0 Å². The topological polar surface area (TPSA) is 58.6 Å². The van der Waals surface area contributed by atoms with Gasteiger partial charge >= 0.3 is 0 Å². The van der Waals surface area contributed by atoms with E-state index in [0.717, 1.165) is 16.9 Å². The highest BCUT2D eigenvalue weighted by molar-refractivity contribution is 6.35. The number of rotatable bonds is 4. The van der Waals surface area contributed by atoms with E-state index in [4.69, 9.17) is 27.9 Å². The van der Waals surface area contributed by atoms with Crippen molar-refractivity contribution in [3.63, 3.8) is 0 Å². The summed E-state index contributed by atoms with van der Waals surface area (Å²) >= 11 is 13.1. The summed E-state index contributed by atoms with van der Waals surface area (Å²) in [7, 11) is 1.53. The number of allylic oxidation sites excluding steroid dienone is 1. The number of hydrogen-bond donors (Lipinski definition) is 1. The molecule has 7 heteroatoms. The van der Waals surface area contributed by atoms with Crippen LogP contribution in [-0.4, -0.2) is 18.8 Å². The zero-order valence-electron chi connectivity index (χ0n) is 21.0. The summed E-state index contributed by atoms with van der Waals surface area (Å²) in [6.45, 7) is 4.16. The van der Waals surface area contributed by atoms with E-state index in [-0.39, 0.29) is 23.5 Å². The van der Waals surface area contributed by atoms with Crippen LogP contribution in [0.5, 0.6) is 5.75 Å². The number of hydrogen-bond acceptors (Lipinski definition) is 4. The number of Topliss-reactive ketones (excluding diaryl/α,β-unsaturated/α-hetero) is 1. The van der Waals surface area contributed by atoms with Crippen LogP contribution in [0.4, 0.5) is 11.4 Å². The Morgan fingerprint density at radius 2 is 1.76 bits per heavy atom. The van der Waals surface area contributed by atoms with Crippen molar-refractivity contribution in [2.45, 2.75) is 39.2 Å². The fourth-order valence-electron chi connectivity index (χ4n) is 5.41. The van der Waals surface area contributed by atoms with Crippen LogP contribution < -0.4 is 15.0 Å². The molecule has 0 unspecified atom stereocenters.